The van der Waals surface area contributed by atoms with Gasteiger partial charge in [-0.1, -0.05) is 12.1 Å². The molecular weight excluding hydrogens is 172 g/mol. The molecule has 1 aromatic heterocycles. The van der Waals surface area contributed by atoms with Crippen LogP contribution in [0.25, 0.3) is 10.9 Å². The Hall–Kier alpha value is -1.75. The molecule has 0 saturated heterocycles. The molecule has 0 aliphatic carbocycles. The van der Waals surface area contributed by atoms with Crippen molar-refractivity contribution in [3.63, 3.8) is 0 Å². The highest BCUT2D eigenvalue weighted by molar-refractivity contribution is 5.86. The van der Waals surface area contributed by atoms with E-state index in [1.54, 1.807) is 0 Å². The SMILES string of the molecule is CCn1c(C)cc2cccc(C#N)c21. The molecule has 1 aromatic carbocycles. The number of fused-ring (bicyclic) bond motifs is 1. The van der Waals surface area contributed by atoms with Gasteiger partial charge in [-0.05, 0) is 26.0 Å². The van der Waals surface area contributed by atoms with Gasteiger partial charge in [0.05, 0.1) is 11.1 Å². The van der Waals surface area contributed by atoms with Crippen LogP contribution in [-0.4, -0.2) is 4.57 Å². The summed E-state index contributed by atoms with van der Waals surface area (Å²) in [6.45, 7) is 5.08. The molecule has 0 N–H and O–H groups in total. The van der Waals surface area contributed by atoms with E-state index in [0.29, 0.717) is 0 Å². The van der Waals surface area contributed by atoms with Crippen LogP contribution in [0.5, 0.6) is 0 Å². The van der Waals surface area contributed by atoms with E-state index >= 15 is 0 Å². The van der Waals surface area contributed by atoms with E-state index in [1.165, 1.54) is 5.69 Å². The second kappa shape index (κ2) is 3.19. The van der Waals surface area contributed by atoms with Gasteiger partial charge in [-0.15, -0.1) is 0 Å². The highest BCUT2D eigenvalue weighted by atomic mass is 15.0. The van der Waals surface area contributed by atoms with Gasteiger partial charge in [0.15, 0.2) is 0 Å². The van der Waals surface area contributed by atoms with Gasteiger partial charge in [0.25, 0.3) is 0 Å². The molecule has 0 atom stereocenters. The molecule has 1 heterocycles. The van der Waals surface area contributed by atoms with Crippen LogP contribution in [0, 0.1) is 18.3 Å². The fourth-order valence-corrected chi connectivity index (χ4v) is 1.96. The maximum absolute atomic E-state index is 9.00. The van der Waals surface area contributed by atoms with E-state index in [1.807, 2.05) is 12.1 Å². The van der Waals surface area contributed by atoms with E-state index in [-0.39, 0.29) is 0 Å². The number of para-hydroxylation sites is 1. The van der Waals surface area contributed by atoms with Crippen molar-refractivity contribution in [2.24, 2.45) is 0 Å². The molecule has 2 rings (SSSR count). The minimum absolute atomic E-state index is 0.762. The first-order chi connectivity index (χ1) is 6.77. The standard InChI is InChI=1S/C12H12N2/c1-3-14-9(2)7-10-5-4-6-11(8-13)12(10)14/h4-7H,3H2,1-2H3. The first-order valence-electron chi connectivity index (χ1n) is 4.77. The number of benzene rings is 1. The lowest BCUT2D eigenvalue weighted by Crippen LogP contribution is -1.97. The highest BCUT2D eigenvalue weighted by Crippen LogP contribution is 2.22. The minimum Gasteiger partial charge on any atom is -0.344 e. The molecule has 70 valence electrons. The Morgan fingerprint density at radius 2 is 2.21 bits per heavy atom. The van der Waals surface area contributed by atoms with Gasteiger partial charge in [-0.3, -0.25) is 0 Å². The molecule has 2 nitrogen and oxygen atoms in total. The van der Waals surface area contributed by atoms with E-state index in [4.69, 9.17) is 5.26 Å². The van der Waals surface area contributed by atoms with E-state index in [2.05, 4.69) is 36.6 Å². The molecule has 0 fully saturated rings. The molecule has 2 aromatic rings. The van der Waals surface area contributed by atoms with Crippen LogP contribution in [0.4, 0.5) is 0 Å². The zero-order chi connectivity index (χ0) is 10.1. The molecule has 0 unspecified atom stereocenters. The van der Waals surface area contributed by atoms with Crippen molar-refractivity contribution >= 4 is 10.9 Å². The lowest BCUT2D eigenvalue weighted by molar-refractivity contribution is 0.769. The third kappa shape index (κ3) is 1.10. The largest absolute Gasteiger partial charge is 0.344 e. The molecule has 0 bridgehead atoms. The summed E-state index contributed by atoms with van der Waals surface area (Å²) in [6.07, 6.45) is 0. The number of nitriles is 1. The Labute approximate surface area is 83.4 Å². The molecule has 0 spiro atoms. The third-order valence-corrected chi connectivity index (χ3v) is 2.56. The summed E-state index contributed by atoms with van der Waals surface area (Å²) >= 11 is 0. The van der Waals surface area contributed by atoms with Crippen molar-refractivity contribution in [2.75, 3.05) is 0 Å². The first kappa shape index (κ1) is 8.83. The van der Waals surface area contributed by atoms with Crippen LogP contribution in [-0.2, 0) is 6.54 Å². The Morgan fingerprint density at radius 3 is 2.86 bits per heavy atom. The summed E-state index contributed by atoms with van der Waals surface area (Å²) in [5.41, 5.74) is 3.04. The summed E-state index contributed by atoms with van der Waals surface area (Å²) in [7, 11) is 0. The zero-order valence-corrected chi connectivity index (χ0v) is 8.41. The first-order valence-corrected chi connectivity index (χ1v) is 4.77. The monoisotopic (exact) mass is 184 g/mol. The molecule has 0 amide bonds. The highest BCUT2D eigenvalue weighted by Gasteiger charge is 2.07. The fraction of sp³-hybridized carbons (Fsp3) is 0.250. The average Bonchev–Trinajstić information content (AvgIpc) is 2.52. The summed E-state index contributed by atoms with van der Waals surface area (Å²) in [6, 6.07) is 10.2. The number of nitrogens with zero attached hydrogens (tertiary/aromatic N) is 2. The molecular formula is C12H12N2. The van der Waals surface area contributed by atoms with Crippen molar-refractivity contribution in [1.82, 2.24) is 4.57 Å². The number of aryl methyl sites for hydroxylation is 2. The van der Waals surface area contributed by atoms with Gasteiger partial charge in [-0.25, -0.2) is 0 Å². The van der Waals surface area contributed by atoms with Crippen molar-refractivity contribution in [3.05, 3.63) is 35.5 Å². The summed E-state index contributed by atoms with van der Waals surface area (Å²) in [5.74, 6) is 0. The molecule has 0 aliphatic rings. The quantitative estimate of drug-likeness (QED) is 0.670. The normalized spacial score (nSPS) is 10.4. The molecule has 0 saturated carbocycles. The zero-order valence-electron chi connectivity index (χ0n) is 8.41. The molecule has 14 heavy (non-hydrogen) atoms. The fourth-order valence-electron chi connectivity index (χ4n) is 1.96. The third-order valence-electron chi connectivity index (χ3n) is 2.56. The summed E-state index contributed by atoms with van der Waals surface area (Å²) in [4.78, 5) is 0. The second-order valence-corrected chi connectivity index (χ2v) is 3.39. The van der Waals surface area contributed by atoms with E-state index in [0.717, 1.165) is 23.0 Å². The lowest BCUT2D eigenvalue weighted by atomic mass is 10.1. The molecule has 0 radical (unpaired) electrons. The van der Waals surface area contributed by atoms with Crippen LogP contribution in [0.15, 0.2) is 24.3 Å². The topological polar surface area (TPSA) is 28.7 Å². The Balaban J connectivity index is 2.91. The van der Waals surface area contributed by atoms with Crippen LogP contribution in [0.1, 0.15) is 18.2 Å². The maximum Gasteiger partial charge on any atom is 0.101 e. The Kier molecular flexibility index (Phi) is 2.01. The molecule has 0 aliphatic heterocycles. The summed E-state index contributed by atoms with van der Waals surface area (Å²) in [5, 5.41) is 10.2. The number of rotatable bonds is 1. The Morgan fingerprint density at radius 1 is 1.43 bits per heavy atom. The van der Waals surface area contributed by atoms with Gasteiger partial charge < -0.3 is 4.57 Å². The number of hydrogen-bond acceptors (Lipinski definition) is 1. The predicted octanol–water partition coefficient (Wildman–Crippen LogP) is 2.84. The van der Waals surface area contributed by atoms with Gasteiger partial charge in [-0.2, -0.15) is 5.26 Å². The average molecular weight is 184 g/mol. The maximum atomic E-state index is 9.00. The van der Waals surface area contributed by atoms with Crippen LogP contribution >= 0.6 is 0 Å². The Bertz CT molecular complexity index is 515. The van der Waals surface area contributed by atoms with Crippen molar-refractivity contribution in [2.45, 2.75) is 20.4 Å². The molecule has 2 heteroatoms. The van der Waals surface area contributed by atoms with Gasteiger partial charge >= 0.3 is 0 Å². The number of aromatic nitrogens is 1. The van der Waals surface area contributed by atoms with Crippen molar-refractivity contribution in [3.8, 4) is 6.07 Å². The van der Waals surface area contributed by atoms with Crippen molar-refractivity contribution in [1.29, 1.82) is 5.26 Å². The lowest BCUT2D eigenvalue weighted by Gasteiger charge is -2.04. The smallest absolute Gasteiger partial charge is 0.101 e. The van der Waals surface area contributed by atoms with Crippen LogP contribution < -0.4 is 0 Å². The van der Waals surface area contributed by atoms with Crippen LogP contribution in [0.2, 0.25) is 0 Å². The van der Waals surface area contributed by atoms with Gasteiger partial charge in [0.1, 0.15) is 6.07 Å². The predicted molar refractivity (Wildman–Crippen MR) is 57.1 cm³/mol. The van der Waals surface area contributed by atoms with E-state index < -0.39 is 0 Å². The van der Waals surface area contributed by atoms with Gasteiger partial charge in [0.2, 0.25) is 0 Å². The van der Waals surface area contributed by atoms with E-state index in [9.17, 15) is 0 Å². The van der Waals surface area contributed by atoms with Crippen LogP contribution in [0.3, 0.4) is 0 Å². The van der Waals surface area contributed by atoms with Gasteiger partial charge in [0, 0.05) is 17.6 Å². The number of hydrogen-bond donors (Lipinski definition) is 0. The van der Waals surface area contributed by atoms with Crippen molar-refractivity contribution < 1.29 is 0 Å². The second-order valence-electron chi connectivity index (χ2n) is 3.39. The minimum atomic E-state index is 0.762. The summed E-state index contributed by atoms with van der Waals surface area (Å²) < 4.78 is 2.17.